The SMILES string of the molecule is O=C(Cn1cnc(C(F)(F)F)c1)NCc1cnsn1. The van der Waals surface area contributed by atoms with E-state index >= 15 is 0 Å². The van der Waals surface area contributed by atoms with Crippen LogP contribution in [0.5, 0.6) is 0 Å². The Hall–Kier alpha value is -1.97. The maximum Gasteiger partial charge on any atom is 0.434 e. The van der Waals surface area contributed by atoms with Crippen molar-refractivity contribution in [1.29, 1.82) is 0 Å². The van der Waals surface area contributed by atoms with E-state index < -0.39 is 17.8 Å². The minimum Gasteiger partial charge on any atom is -0.349 e. The van der Waals surface area contributed by atoms with Crippen LogP contribution in [-0.4, -0.2) is 24.2 Å². The maximum atomic E-state index is 12.3. The highest BCUT2D eigenvalue weighted by atomic mass is 32.1. The van der Waals surface area contributed by atoms with Gasteiger partial charge in [-0.2, -0.15) is 21.9 Å². The van der Waals surface area contributed by atoms with E-state index in [1.54, 1.807) is 0 Å². The second-order valence-corrected chi connectivity index (χ2v) is 4.16. The lowest BCUT2D eigenvalue weighted by atomic mass is 10.4. The number of rotatable bonds is 4. The number of nitrogens with zero attached hydrogens (tertiary/aromatic N) is 4. The molecule has 1 N–H and O–H groups in total. The minimum atomic E-state index is -4.51. The smallest absolute Gasteiger partial charge is 0.349 e. The molecule has 0 saturated carbocycles. The highest BCUT2D eigenvalue weighted by Gasteiger charge is 2.33. The first kappa shape index (κ1) is 13.5. The molecule has 2 rings (SSSR count). The molecule has 10 heteroatoms. The first-order chi connectivity index (χ1) is 8.95. The fourth-order valence-electron chi connectivity index (χ4n) is 1.27. The van der Waals surface area contributed by atoms with Gasteiger partial charge in [0.1, 0.15) is 6.54 Å². The summed E-state index contributed by atoms with van der Waals surface area (Å²) >= 11 is 1.01. The van der Waals surface area contributed by atoms with E-state index in [0.717, 1.165) is 28.8 Å². The summed E-state index contributed by atoms with van der Waals surface area (Å²) in [7, 11) is 0. The third-order valence-corrected chi connectivity index (χ3v) is 2.64. The summed E-state index contributed by atoms with van der Waals surface area (Å²) in [6.45, 7) is -0.0448. The molecule has 0 saturated heterocycles. The number of hydrogen-bond donors (Lipinski definition) is 1. The summed E-state index contributed by atoms with van der Waals surface area (Å²) in [5, 5.41) is 2.52. The normalized spacial score (nSPS) is 11.5. The first-order valence-corrected chi connectivity index (χ1v) is 5.80. The van der Waals surface area contributed by atoms with Crippen LogP contribution in [-0.2, 0) is 24.1 Å². The maximum absolute atomic E-state index is 12.3. The van der Waals surface area contributed by atoms with E-state index in [1.165, 1.54) is 6.20 Å². The van der Waals surface area contributed by atoms with Gasteiger partial charge in [-0.3, -0.25) is 4.79 Å². The van der Waals surface area contributed by atoms with Crippen LogP contribution in [0.25, 0.3) is 0 Å². The summed E-state index contributed by atoms with van der Waals surface area (Å²) in [6.07, 6.45) is -1.26. The van der Waals surface area contributed by atoms with Gasteiger partial charge >= 0.3 is 6.18 Å². The number of alkyl halides is 3. The Balaban J connectivity index is 1.87. The summed E-state index contributed by atoms with van der Waals surface area (Å²) in [5.74, 6) is -0.431. The van der Waals surface area contributed by atoms with E-state index in [9.17, 15) is 18.0 Å². The van der Waals surface area contributed by atoms with Gasteiger partial charge in [-0.1, -0.05) is 0 Å². The summed E-state index contributed by atoms with van der Waals surface area (Å²) in [5.41, 5.74) is -0.427. The van der Waals surface area contributed by atoms with E-state index in [1.807, 2.05) is 0 Å². The van der Waals surface area contributed by atoms with Gasteiger partial charge in [0.05, 0.1) is 36.5 Å². The molecule has 6 nitrogen and oxygen atoms in total. The molecule has 0 aromatic carbocycles. The molecule has 0 atom stereocenters. The van der Waals surface area contributed by atoms with Crippen LogP contribution in [0.2, 0.25) is 0 Å². The van der Waals surface area contributed by atoms with Gasteiger partial charge in [0.15, 0.2) is 5.69 Å². The van der Waals surface area contributed by atoms with Crippen molar-refractivity contribution in [3.05, 3.63) is 30.1 Å². The number of aromatic nitrogens is 4. The Kier molecular flexibility index (Phi) is 3.79. The molecule has 0 aliphatic carbocycles. The number of nitrogens with one attached hydrogen (secondary N) is 1. The summed E-state index contributed by atoms with van der Waals surface area (Å²) < 4.78 is 45.5. The quantitative estimate of drug-likeness (QED) is 0.914. The number of halogens is 3. The number of carbonyl (C=O) groups is 1. The summed E-state index contributed by atoms with van der Waals surface area (Å²) in [6, 6.07) is 0. The Labute approximate surface area is 109 Å². The first-order valence-electron chi connectivity index (χ1n) is 5.07. The van der Waals surface area contributed by atoms with Crippen molar-refractivity contribution >= 4 is 17.6 Å². The number of amides is 1. The molecule has 2 aromatic heterocycles. The molecule has 0 bridgehead atoms. The average molecular weight is 291 g/mol. The fourth-order valence-corrected chi connectivity index (χ4v) is 1.70. The molecular weight excluding hydrogens is 283 g/mol. The second kappa shape index (κ2) is 5.34. The largest absolute Gasteiger partial charge is 0.434 e. The molecule has 0 spiro atoms. The zero-order chi connectivity index (χ0) is 13.9. The van der Waals surface area contributed by atoms with Gasteiger partial charge in [0.2, 0.25) is 5.91 Å². The lowest BCUT2D eigenvalue weighted by molar-refractivity contribution is -0.141. The van der Waals surface area contributed by atoms with Crippen LogP contribution >= 0.6 is 11.7 Å². The average Bonchev–Trinajstić information content (AvgIpc) is 2.95. The van der Waals surface area contributed by atoms with Crippen molar-refractivity contribution in [2.75, 3.05) is 0 Å². The van der Waals surface area contributed by atoms with Crippen molar-refractivity contribution < 1.29 is 18.0 Å². The zero-order valence-electron chi connectivity index (χ0n) is 9.39. The molecule has 0 unspecified atom stereocenters. The van der Waals surface area contributed by atoms with Crippen molar-refractivity contribution in [2.45, 2.75) is 19.3 Å². The lowest BCUT2D eigenvalue weighted by Crippen LogP contribution is -2.26. The second-order valence-electron chi connectivity index (χ2n) is 3.60. The Bertz CT molecular complexity index is 550. The van der Waals surface area contributed by atoms with Crippen LogP contribution < -0.4 is 5.32 Å². The highest BCUT2D eigenvalue weighted by Crippen LogP contribution is 2.27. The molecule has 102 valence electrons. The third-order valence-electron chi connectivity index (χ3n) is 2.12. The van der Waals surface area contributed by atoms with Crippen LogP contribution in [0.15, 0.2) is 18.7 Å². The predicted molar refractivity (Wildman–Crippen MR) is 59.0 cm³/mol. The van der Waals surface area contributed by atoms with Crippen molar-refractivity contribution in [1.82, 2.24) is 23.6 Å². The van der Waals surface area contributed by atoms with Gasteiger partial charge in [-0.15, -0.1) is 0 Å². The third kappa shape index (κ3) is 3.74. The Morgan fingerprint density at radius 3 is 2.84 bits per heavy atom. The van der Waals surface area contributed by atoms with Crippen molar-refractivity contribution in [3.8, 4) is 0 Å². The van der Waals surface area contributed by atoms with E-state index in [4.69, 9.17) is 0 Å². The summed E-state index contributed by atoms with van der Waals surface area (Å²) in [4.78, 5) is 14.7. The van der Waals surface area contributed by atoms with Crippen LogP contribution in [0.1, 0.15) is 11.4 Å². The van der Waals surface area contributed by atoms with Gasteiger partial charge < -0.3 is 9.88 Å². The van der Waals surface area contributed by atoms with E-state index in [-0.39, 0.29) is 13.1 Å². The zero-order valence-corrected chi connectivity index (χ0v) is 10.2. The van der Waals surface area contributed by atoms with Crippen LogP contribution in [0.3, 0.4) is 0 Å². The predicted octanol–water partition coefficient (Wildman–Crippen LogP) is 1.07. The monoisotopic (exact) mass is 291 g/mol. The van der Waals surface area contributed by atoms with Gasteiger partial charge in [-0.05, 0) is 0 Å². The standard InChI is InChI=1S/C9H8F3N5OS/c10-9(11,12)7-3-17(5-14-7)4-8(18)13-1-6-2-15-19-16-6/h2-3,5H,1,4H2,(H,13,18). The van der Waals surface area contributed by atoms with E-state index in [0.29, 0.717) is 5.69 Å². The Morgan fingerprint density at radius 1 is 1.47 bits per heavy atom. The molecule has 19 heavy (non-hydrogen) atoms. The highest BCUT2D eigenvalue weighted by molar-refractivity contribution is 6.99. The molecule has 1 amide bonds. The molecule has 0 aliphatic rings. The van der Waals surface area contributed by atoms with E-state index in [2.05, 4.69) is 19.0 Å². The molecular formula is C9H8F3N5OS. The van der Waals surface area contributed by atoms with Crippen LogP contribution in [0.4, 0.5) is 13.2 Å². The molecule has 2 aromatic rings. The van der Waals surface area contributed by atoms with Crippen molar-refractivity contribution in [2.24, 2.45) is 0 Å². The van der Waals surface area contributed by atoms with Crippen LogP contribution in [0, 0.1) is 0 Å². The topological polar surface area (TPSA) is 72.7 Å². The molecule has 0 radical (unpaired) electrons. The molecule has 2 heterocycles. The molecule has 0 aliphatic heterocycles. The van der Waals surface area contributed by atoms with Gasteiger partial charge in [0, 0.05) is 6.20 Å². The number of carbonyl (C=O) groups excluding carboxylic acids is 1. The van der Waals surface area contributed by atoms with Gasteiger partial charge in [0.25, 0.3) is 0 Å². The molecule has 0 fully saturated rings. The fraction of sp³-hybridized carbons (Fsp3) is 0.333. The Morgan fingerprint density at radius 2 is 2.26 bits per heavy atom. The number of imidazole rings is 1. The minimum absolute atomic E-state index is 0.191. The van der Waals surface area contributed by atoms with Crippen molar-refractivity contribution in [3.63, 3.8) is 0 Å². The van der Waals surface area contributed by atoms with Gasteiger partial charge in [-0.25, -0.2) is 4.98 Å². The lowest BCUT2D eigenvalue weighted by Gasteiger charge is -2.03. The number of hydrogen-bond acceptors (Lipinski definition) is 5.